The fourth-order valence-corrected chi connectivity index (χ4v) is 0.690. The predicted octanol–water partition coefficient (Wildman–Crippen LogP) is -0.355. The first-order valence-corrected chi connectivity index (χ1v) is 3.11. The van der Waals surface area contributed by atoms with Gasteiger partial charge < -0.3 is 4.84 Å². The van der Waals surface area contributed by atoms with Crippen LogP contribution in [-0.2, 0) is 11.4 Å². The second-order valence-electron chi connectivity index (χ2n) is 1.97. The molecule has 1 aromatic rings. The molecule has 0 aliphatic carbocycles. The monoisotopic (exact) mass is 152 g/mol. The molecule has 5 nitrogen and oxygen atoms in total. The van der Waals surface area contributed by atoms with Crippen LogP contribution >= 0.6 is 0 Å². The summed E-state index contributed by atoms with van der Waals surface area (Å²) in [6.07, 6.45) is 3.13. The van der Waals surface area contributed by atoms with Crippen LogP contribution in [0.15, 0.2) is 12.4 Å². The van der Waals surface area contributed by atoms with Gasteiger partial charge in [0.25, 0.3) is 0 Å². The van der Waals surface area contributed by atoms with E-state index in [4.69, 9.17) is 11.2 Å². The molecule has 1 rings (SSSR count). The first kappa shape index (κ1) is 7.72. The lowest BCUT2D eigenvalue weighted by Crippen LogP contribution is -2.09. The van der Waals surface area contributed by atoms with Gasteiger partial charge in [0.1, 0.15) is 6.07 Å². The molecule has 0 atom stereocenters. The standard InChI is InChI=1S/C6H8N4O/c7-3-6-4-9-10(5-6)1-2-11-8/h4-5H,1-2,8H2. The fraction of sp³-hybridized carbons (Fsp3) is 0.333. The van der Waals surface area contributed by atoms with E-state index in [9.17, 15) is 0 Å². The molecule has 0 unspecified atom stereocenters. The quantitative estimate of drug-likeness (QED) is 0.600. The van der Waals surface area contributed by atoms with E-state index in [2.05, 4.69) is 9.94 Å². The molecule has 2 N–H and O–H groups in total. The van der Waals surface area contributed by atoms with Gasteiger partial charge in [-0.1, -0.05) is 0 Å². The van der Waals surface area contributed by atoms with E-state index >= 15 is 0 Å². The Morgan fingerprint density at radius 2 is 2.64 bits per heavy atom. The summed E-state index contributed by atoms with van der Waals surface area (Å²) < 4.78 is 1.60. The predicted molar refractivity (Wildman–Crippen MR) is 37.1 cm³/mol. The molecule has 0 radical (unpaired) electrons. The average molecular weight is 152 g/mol. The first-order chi connectivity index (χ1) is 5.36. The summed E-state index contributed by atoms with van der Waals surface area (Å²) in [6.45, 7) is 0.963. The normalized spacial score (nSPS) is 9.45. The van der Waals surface area contributed by atoms with E-state index < -0.39 is 0 Å². The zero-order chi connectivity index (χ0) is 8.10. The van der Waals surface area contributed by atoms with Crippen LogP contribution in [0.25, 0.3) is 0 Å². The van der Waals surface area contributed by atoms with Crippen molar-refractivity contribution >= 4 is 0 Å². The minimum atomic E-state index is 0.395. The van der Waals surface area contributed by atoms with E-state index in [1.807, 2.05) is 6.07 Å². The van der Waals surface area contributed by atoms with E-state index in [0.29, 0.717) is 18.7 Å². The molecule has 0 saturated carbocycles. The molecule has 0 bridgehead atoms. The molecule has 58 valence electrons. The molecule has 0 aliphatic rings. The Labute approximate surface area is 63.9 Å². The number of rotatable bonds is 3. The van der Waals surface area contributed by atoms with E-state index in [1.165, 1.54) is 6.20 Å². The molecule has 1 aromatic heterocycles. The topological polar surface area (TPSA) is 76.9 Å². The number of aromatic nitrogens is 2. The number of nitriles is 1. The van der Waals surface area contributed by atoms with Crippen molar-refractivity contribution < 1.29 is 4.84 Å². The van der Waals surface area contributed by atoms with Crippen LogP contribution in [0.1, 0.15) is 5.56 Å². The Kier molecular flexibility index (Phi) is 2.60. The highest BCUT2D eigenvalue weighted by molar-refractivity contribution is 5.21. The third-order valence-corrected chi connectivity index (χ3v) is 1.20. The van der Waals surface area contributed by atoms with Gasteiger partial charge in [0.2, 0.25) is 0 Å². The van der Waals surface area contributed by atoms with Crippen molar-refractivity contribution in [1.29, 1.82) is 5.26 Å². The number of hydrogen-bond acceptors (Lipinski definition) is 4. The summed E-state index contributed by atoms with van der Waals surface area (Å²) in [4.78, 5) is 4.34. The largest absolute Gasteiger partial charge is 0.303 e. The minimum absolute atomic E-state index is 0.395. The van der Waals surface area contributed by atoms with E-state index in [1.54, 1.807) is 10.9 Å². The fourth-order valence-electron chi connectivity index (χ4n) is 0.690. The SMILES string of the molecule is N#Cc1cnn(CCON)c1. The van der Waals surface area contributed by atoms with Crippen molar-refractivity contribution in [3.63, 3.8) is 0 Å². The minimum Gasteiger partial charge on any atom is -0.303 e. The maximum absolute atomic E-state index is 8.42. The average Bonchev–Trinajstić information content (AvgIpc) is 2.48. The lowest BCUT2D eigenvalue weighted by atomic mass is 10.4. The lowest BCUT2D eigenvalue weighted by Gasteiger charge is -1.96. The van der Waals surface area contributed by atoms with Gasteiger partial charge >= 0.3 is 0 Å². The molecule has 0 amide bonds. The summed E-state index contributed by atoms with van der Waals surface area (Å²) >= 11 is 0. The second kappa shape index (κ2) is 3.71. The number of nitrogens with two attached hydrogens (primary N) is 1. The third-order valence-electron chi connectivity index (χ3n) is 1.20. The van der Waals surface area contributed by atoms with Gasteiger partial charge in [-0.25, -0.2) is 5.90 Å². The molecule has 0 fully saturated rings. The van der Waals surface area contributed by atoms with E-state index in [0.717, 1.165) is 0 Å². The maximum atomic E-state index is 8.42. The molecule has 0 aromatic carbocycles. The first-order valence-electron chi connectivity index (χ1n) is 3.11. The van der Waals surface area contributed by atoms with Crippen molar-refractivity contribution in [2.24, 2.45) is 5.90 Å². The van der Waals surface area contributed by atoms with Crippen molar-refractivity contribution in [2.75, 3.05) is 6.61 Å². The molecular formula is C6H8N4O. The molecule has 0 saturated heterocycles. The smallest absolute Gasteiger partial charge is 0.102 e. The van der Waals surface area contributed by atoms with Crippen LogP contribution in [0.4, 0.5) is 0 Å². The van der Waals surface area contributed by atoms with Crippen LogP contribution < -0.4 is 5.90 Å². The lowest BCUT2D eigenvalue weighted by molar-refractivity contribution is 0.127. The van der Waals surface area contributed by atoms with Crippen LogP contribution in [0.2, 0.25) is 0 Å². The molecule has 0 spiro atoms. The molecule has 5 heteroatoms. The Morgan fingerprint density at radius 3 is 3.18 bits per heavy atom. The summed E-state index contributed by atoms with van der Waals surface area (Å²) in [5, 5.41) is 12.3. The van der Waals surface area contributed by atoms with Crippen LogP contribution in [0.5, 0.6) is 0 Å². The Hall–Kier alpha value is -1.38. The summed E-state index contributed by atoms with van der Waals surface area (Å²) in [7, 11) is 0. The highest BCUT2D eigenvalue weighted by Gasteiger charge is 1.94. The summed E-state index contributed by atoms with van der Waals surface area (Å²) in [6, 6.07) is 1.97. The summed E-state index contributed by atoms with van der Waals surface area (Å²) in [5.41, 5.74) is 0.544. The zero-order valence-corrected chi connectivity index (χ0v) is 5.90. The number of nitrogens with zero attached hydrogens (tertiary/aromatic N) is 3. The third kappa shape index (κ3) is 2.04. The summed E-state index contributed by atoms with van der Waals surface area (Å²) in [5.74, 6) is 4.81. The van der Waals surface area contributed by atoms with Gasteiger partial charge in [-0.3, -0.25) is 4.68 Å². The van der Waals surface area contributed by atoms with Gasteiger partial charge in [-0.2, -0.15) is 10.4 Å². The Balaban J connectivity index is 2.53. The second-order valence-corrected chi connectivity index (χ2v) is 1.97. The van der Waals surface area contributed by atoms with Crippen molar-refractivity contribution in [1.82, 2.24) is 9.78 Å². The van der Waals surface area contributed by atoms with Crippen molar-refractivity contribution in [3.8, 4) is 6.07 Å². The van der Waals surface area contributed by atoms with Crippen molar-refractivity contribution in [3.05, 3.63) is 18.0 Å². The molecule has 1 heterocycles. The zero-order valence-electron chi connectivity index (χ0n) is 5.90. The molecular weight excluding hydrogens is 144 g/mol. The highest BCUT2D eigenvalue weighted by atomic mass is 16.6. The highest BCUT2D eigenvalue weighted by Crippen LogP contribution is 1.93. The van der Waals surface area contributed by atoms with Gasteiger partial charge in [0.05, 0.1) is 24.9 Å². The molecule has 0 aliphatic heterocycles. The van der Waals surface area contributed by atoms with Gasteiger partial charge in [0.15, 0.2) is 0 Å². The van der Waals surface area contributed by atoms with Crippen molar-refractivity contribution in [2.45, 2.75) is 6.54 Å². The van der Waals surface area contributed by atoms with E-state index in [-0.39, 0.29) is 0 Å². The Morgan fingerprint density at radius 1 is 1.82 bits per heavy atom. The Bertz CT molecular complexity index is 262. The van der Waals surface area contributed by atoms with Crippen LogP contribution in [0.3, 0.4) is 0 Å². The van der Waals surface area contributed by atoms with Gasteiger partial charge in [0, 0.05) is 6.20 Å². The van der Waals surface area contributed by atoms with Crippen LogP contribution in [-0.4, -0.2) is 16.4 Å². The maximum Gasteiger partial charge on any atom is 0.102 e. The number of hydrogen-bond donors (Lipinski definition) is 1. The van der Waals surface area contributed by atoms with Crippen LogP contribution in [0, 0.1) is 11.3 Å². The molecule has 11 heavy (non-hydrogen) atoms. The van der Waals surface area contributed by atoms with Gasteiger partial charge in [-0.15, -0.1) is 0 Å². The van der Waals surface area contributed by atoms with Gasteiger partial charge in [-0.05, 0) is 0 Å².